The summed E-state index contributed by atoms with van der Waals surface area (Å²) in [5, 5.41) is 27.4. The molecule has 0 atom stereocenters. The SMILES string of the molecule is Cc1ccc(NC(=S)NN=Cc2cc([N+](=O)[O-])ccc2O)cc1. The molecule has 0 aliphatic heterocycles. The predicted molar refractivity (Wildman–Crippen MR) is 92.9 cm³/mol. The standard InChI is InChI=1S/C15H14N4O3S/c1-10-2-4-12(5-3-10)17-15(23)18-16-9-11-8-13(19(21)22)6-7-14(11)20/h2-9,20H,1H3,(H2,17,18,23). The van der Waals surface area contributed by atoms with Crippen LogP contribution in [0, 0.1) is 17.0 Å². The Labute approximate surface area is 137 Å². The van der Waals surface area contributed by atoms with Gasteiger partial charge in [0.15, 0.2) is 5.11 Å². The zero-order valence-electron chi connectivity index (χ0n) is 12.2. The lowest BCUT2D eigenvalue weighted by Gasteiger charge is -2.07. The lowest BCUT2D eigenvalue weighted by Crippen LogP contribution is -2.23. The molecule has 0 heterocycles. The number of aryl methyl sites for hydroxylation is 1. The molecule has 0 fully saturated rings. The number of aromatic hydroxyl groups is 1. The van der Waals surface area contributed by atoms with Crippen LogP contribution in [0.1, 0.15) is 11.1 Å². The first-order chi connectivity index (χ1) is 11.0. The molecular weight excluding hydrogens is 316 g/mol. The molecule has 23 heavy (non-hydrogen) atoms. The molecule has 0 aliphatic rings. The number of phenolic OH excluding ortho intramolecular Hbond substituents is 1. The Morgan fingerprint density at radius 3 is 2.65 bits per heavy atom. The van der Waals surface area contributed by atoms with Crippen LogP contribution < -0.4 is 10.7 Å². The lowest BCUT2D eigenvalue weighted by molar-refractivity contribution is -0.384. The zero-order valence-corrected chi connectivity index (χ0v) is 13.0. The average molecular weight is 330 g/mol. The van der Waals surface area contributed by atoms with Crippen LogP contribution >= 0.6 is 12.2 Å². The number of nitrogens with zero attached hydrogens (tertiary/aromatic N) is 2. The van der Waals surface area contributed by atoms with E-state index in [9.17, 15) is 15.2 Å². The van der Waals surface area contributed by atoms with Gasteiger partial charge in [0, 0.05) is 23.4 Å². The molecule has 0 saturated heterocycles. The van der Waals surface area contributed by atoms with Crippen molar-refractivity contribution in [1.29, 1.82) is 0 Å². The van der Waals surface area contributed by atoms with Gasteiger partial charge < -0.3 is 10.4 Å². The first-order valence-electron chi connectivity index (χ1n) is 6.60. The van der Waals surface area contributed by atoms with Crippen LogP contribution in [0.4, 0.5) is 11.4 Å². The summed E-state index contributed by atoms with van der Waals surface area (Å²) in [7, 11) is 0. The maximum atomic E-state index is 10.7. The molecule has 0 aromatic heterocycles. The van der Waals surface area contributed by atoms with Crippen LogP contribution in [0.3, 0.4) is 0 Å². The second-order valence-electron chi connectivity index (χ2n) is 4.69. The van der Waals surface area contributed by atoms with E-state index in [0.29, 0.717) is 0 Å². The van der Waals surface area contributed by atoms with Crippen molar-refractivity contribution in [1.82, 2.24) is 5.43 Å². The molecule has 8 heteroatoms. The van der Waals surface area contributed by atoms with E-state index in [4.69, 9.17) is 12.2 Å². The number of nitro groups is 1. The summed E-state index contributed by atoms with van der Waals surface area (Å²) >= 11 is 5.08. The molecule has 0 unspecified atom stereocenters. The van der Waals surface area contributed by atoms with E-state index in [2.05, 4.69) is 15.8 Å². The predicted octanol–water partition coefficient (Wildman–Crippen LogP) is 2.93. The summed E-state index contributed by atoms with van der Waals surface area (Å²) in [6.07, 6.45) is 1.26. The van der Waals surface area contributed by atoms with E-state index >= 15 is 0 Å². The Kier molecular flexibility index (Phi) is 5.21. The van der Waals surface area contributed by atoms with Crippen LogP contribution in [-0.2, 0) is 0 Å². The molecule has 0 spiro atoms. The summed E-state index contributed by atoms with van der Waals surface area (Å²) in [5.41, 5.74) is 4.60. The molecule has 0 amide bonds. The average Bonchev–Trinajstić information content (AvgIpc) is 2.51. The number of benzene rings is 2. The number of hydrogen-bond donors (Lipinski definition) is 3. The molecular formula is C15H14N4O3S. The van der Waals surface area contributed by atoms with Gasteiger partial charge in [0.1, 0.15) is 5.75 Å². The maximum absolute atomic E-state index is 10.7. The van der Waals surface area contributed by atoms with Crippen molar-refractivity contribution in [2.75, 3.05) is 5.32 Å². The third-order valence-corrected chi connectivity index (χ3v) is 3.09. The topological polar surface area (TPSA) is 99.8 Å². The molecule has 0 saturated carbocycles. The molecule has 7 nitrogen and oxygen atoms in total. The Morgan fingerprint density at radius 2 is 2.00 bits per heavy atom. The van der Waals surface area contributed by atoms with Crippen molar-refractivity contribution in [3.63, 3.8) is 0 Å². The Hall–Kier alpha value is -3.00. The van der Waals surface area contributed by atoms with Gasteiger partial charge in [-0.3, -0.25) is 15.5 Å². The molecule has 2 aromatic rings. The van der Waals surface area contributed by atoms with Crippen LogP contribution in [0.25, 0.3) is 0 Å². The Bertz CT molecular complexity index is 760. The number of rotatable bonds is 4. The van der Waals surface area contributed by atoms with Gasteiger partial charge in [-0.05, 0) is 37.3 Å². The van der Waals surface area contributed by atoms with Crippen LogP contribution in [0.15, 0.2) is 47.6 Å². The molecule has 2 aromatic carbocycles. The van der Waals surface area contributed by atoms with E-state index in [0.717, 1.165) is 11.3 Å². The fraction of sp³-hybridized carbons (Fsp3) is 0.0667. The van der Waals surface area contributed by atoms with Crippen molar-refractivity contribution < 1.29 is 10.0 Å². The highest BCUT2D eigenvalue weighted by Crippen LogP contribution is 2.21. The molecule has 0 bridgehead atoms. The van der Waals surface area contributed by atoms with Crippen LogP contribution in [-0.4, -0.2) is 21.4 Å². The van der Waals surface area contributed by atoms with Crippen molar-refractivity contribution in [3.8, 4) is 5.75 Å². The third kappa shape index (κ3) is 4.75. The largest absolute Gasteiger partial charge is 0.507 e. The summed E-state index contributed by atoms with van der Waals surface area (Å²) < 4.78 is 0. The zero-order chi connectivity index (χ0) is 16.8. The smallest absolute Gasteiger partial charge is 0.270 e. The lowest BCUT2D eigenvalue weighted by atomic mass is 10.2. The van der Waals surface area contributed by atoms with E-state index in [1.165, 1.54) is 24.4 Å². The second-order valence-corrected chi connectivity index (χ2v) is 5.10. The maximum Gasteiger partial charge on any atom is 0.270 e. The monoisotopic (exact) mass is 330 g/mol. The van der Waals surface area contributed by atoms with Crippen LogP contribution in [0.2, 0.25) is 0 Å². The number of hydrogen-bond acceptors (Lipinski definition) is 5. The Balaban J connectivity index is 1.98. The molecule has 3 N–H and O–H groups in total. The summed E-state index contributed by atoms with van der Waals surface area (Å²) in [6, 6.07) is 11.3. The summed E-state index contributed by atoms with van der Waals surface area (Å²) in [6.45, 7) is 1.98. The van der Waals surface area contributed by atoms with E-state index in [-0.39, 0.29) is 22.1 Å². The first kappa shape index (κ1) is 16.4. The van der Waals surface area contributed by atoms with Gasteiger partial charge in [-0.2, -0.15) is 5.10 Å². The number of phenols is 1. The minimum Gasteiger partial charge on any atom is -0.507 e. The Morgan fingerprint density at radius 1 is 1.30 bits per heavy atom. The minimum absolute atomic E-state index is 0.112. The quantitative estimate of drug-likeness (QED) is 0.345. The highest BCUT2D eigenvalue weighted by molar-refractivity contribution is 7.80. The molecule has 0 aliphatic carbocycles. The van der Waals surface area contributed by atoms with Crippen molar-refractivity contribution in [2.45, 2.75) is 6.92 Å². The third-order valence-electron chi connectivity index (χ3n) is 2.90. The fourth-order valence-corrected chi connectivity index (χ4v) is 1.89. The van der Waals surface area contributed by atoms with E-state index in [1.807, 2.05) is 31.2 Å². The van der Waals surface area contributed by atoms with Gasteiger partial charge in [0.25, 0.3) is 5.69 Å². The number of hydrazone groups is 1. The second kappa shape index (κ2) is 7.32. The van der Waals surface area contributed by atoms with Gasteiger partial charge in [-0.1, -0.05) is 17.7 Å². The van der Waals surface area contributed by atoms with Crippen molar-refractivity contribution in [3.05, 3.63) is 63.7 Å². The molecule has 0 radical (unpaired) electrons. The molecule has 2 rings (SSSR count). The highest BCUT2D eigenvalue weighted by Gasteiger charge is 2.08. The van der Waals surface area contributed by atoms with E-state index < -0.39 is 4.92 Å². The molecule has 118 valence electrons. The van der Waals surface area contributed by atoms with E-state index in [1.54, 1.807) is 0 Å². The van der Waals surface area contributed by atoms with Crippen LogP contribution in [0.5, 0.6) is 5.75 Å². The highest BCUT2D eigenvalue weighted by atomic mass is 32.1. The number of non-ortho nitro benzene ring substituents is 1. The van der Waals surface area contributed by atoms with Gasteiger partial charge in [-0.15, -0.1) is 0 Å². The van der Waals surface area contributed by atoms with Gasteiger partial charge in [0.05, 0.1) is 11.1 Å². The summed E-state index contributed by atoms with van der Waals surface area (Å²) in [4.78, 5) is 10.2. The van der Waals surface area contributed by atoms with Crippen molar-refractivity contribution in [2.24, 2.45) is 5.10 Å². The number of thiocarbonyl (C=S) groups is 1. The summed E-state index contributed by atoms with van der Waals surface area (Å²) in [5.74, 6) is -0.112. The van der Waals surface area contributed by atoms with Gasteiger partial charge in [-0.25, -0.2) is 0 Å². The van der Waals surface area contributed by atoms with Gasteiger partial charge in [0.2, 0.25) is 0 Å². The number of nitro benzene ring substituents is 1. The normalized spacial score (nSPS) is 10.5. The minimum atomic E-state index is -0.548. The van der Waals surface area contributed by atoms with Gasteiger partial charge >= 0.3 is 0 Å². The number of nitrogens with one attached hydrogen (secondary N) is 2. The fourth-order valence-electron chi connectivity index (χ4n) is 1.72. The number of anilines is 1. The first-order valence-corrected chi connectivity index (χ1v) is 7.00. The van der Waals surface area contributed by atoms with Crippen molar-refractivity contribution >= 4 is 34.9 Å².